The molecule has 106 valence electrons. The van der Waals surface area contributed by atoms with E-state index < -0.39 is 0 Å². The molecular formula is C18H18N2O. The average Bonchev–Trinajstić information content (AvgIpc) is 2.98. The van der Waals surface area contributed by atoms with Crippen LogP contribution in [0, 0.1) is 0 Å². The van der Waals surface area contributed by atoms with E-state index in [0.29, 0.717) is 0 Å². The highest BCUT2D eigenvalue weighted by molar-refractivity contribution is 6.07. The lowest BCUT2D eigenvalue weighted by Crippen LogP contribution is -2.29. The van der Waals surface area contributed by atoms with Crippen molar-refractivity contribution in [3.63, 3.8) is 0 Å². The summed E-state index contributed by atoms with van der Waals surface area (Å²) < 4.78 is 0. The fourth-order valence-electron chi connectivity index (χ4n) is 3.32. The molecule has 2 aliphatic heterocycles. The first-order valence-corrected chi connectivity index (χ1v) is 7.55. The van der Waals surface area contributed by atoms with Crippen molar-refractivity contribution in [2.24, 2.45) is 0 Å². The molecule has 0 radical (unpaired) electrons. The van der Waals surface area contributed by atoms with Gasteiger partial charge in [-0.3, -0.25) is 4.79 Å². The molecule has 3 heteroatoms. The second kappa shape index (κ2) is 5.01. The lowest BCUT2D eigenvalue weighted by atomic mass is 9.98. The van der Waals surface area contributed by atoms with E-state index in [9.17, 15) is 4.79 Å². The molecule has 0 fully saturated rings. The summed E-state index contributed by atoms with van der Waals surface area (Å²) in [6.45, 7) is 2.70. The molecular weight excluding hydrogens is 260 g/mol. The molecule has 21 heavy (non-hydrogen) atoms. The molecule has 2 heterocycles. The third kappa shape index (κ3) is 2.14. The number of para-hydroxylation sites is 1. The van der Waals surface area contributed by atoms with Gasteiger partial charge in [-0.15, -0.1) is 0 Å². The van der Waals surface area contributed by atoms with Gasteiger partial charge in [0.15, 0.2) is 0 Å². The van der Waals surface area contributed by atoms with Gasteiger partial charge in [0.1, 0.15) is 0 Å². The number of nitrogens with zero attached hydrogens (tertiary/aromatic N) is 1. The van der Waals surface area contributed by atoms with E-state index >= 15 is 0 Å². The van der Waals surface area contributed by atoms with E-state index in [-0.39, 0.29) is 5.91 Å². The topological polar surface area (TPSA) is 32.3 Å². The van der Waals surface area contributed by atoms with Gasteiger partial charge in [-0.2, -0.15) is 0 Å². The number of hydrogen-bond donors (Lipinski definition) is 1. The first-order chi connectivity index (χ1) is 10.3. The van der Waals surface area contributed by atoms with Crippen molar-refractivity contribution >= 4 is 11.6 Å². The van der Waals surface area contributed by atoms with Gasteiger partial charge < -0.3 is 10.2 Å². The number of carbonyl (C=O) groups is 1. The van der Waals surface area contributed by atoms with Crippen molar-refractivity contribution in [1.82, 2.24) is 5.32 Å². The van der Waals surface area contributed by atoms with E-state index in [0.717, 1.165) is 43.7 Å². The zero-order valence-corrected chi connectivity index (χ0v) is 11.9. The normalized spacial score (nSPS) is 16.5. The standard InChI is InChI=1S/C18H18N2O/c21-18(20-10-8-13-3-1-2-4-17(13)20)15-5-6-16-12-19-9-7-14(16)11-15/h1-6,11,19H,7-10,12H2. The predicted octanol–water partition coefficient (Wildman–Crippen LogP) is 2.54. The Bertz CT molecular complexity index is 708. The Morgan fingerprint density at radius 2 is 1.90 bits per heavy atom. The van der Waals surface area contributed by atoms with Gasteiger partial charge >= 0.3 is 0 Å². The molecule has 1 N–H and O–H groups in total. The zero-order valence-electron chi connectivity index (χ0n) is 11.9. The fraction of sp³-hybridized carbons (Fsp3) is 0.278. The molecule has 0 spiro atoms. The molecule has 1 amide bonds. The van der Waals surface area contributed by atoms with Gasteiger partial charge in [-0.1, -0.05) is 24.3 Å². The molecule has 0 unspecified atom stereocenters. The number of amides is 1. The summed E-state index contributed by atoms with van der Waals surface area (Å²) in [5.41, 5.74) is 5.79. The Morgan fingerprint density at radius 1 is 1.00 bits per heavy atom. The van der Waals surface area contributed by atoms with Crippen molar-refractivity contribution in [2.75, 3.05) is 18.0 Å². The average molecular weight is 278 g/mol. The van der Waals surface area contributed by atoms with Gasteiger partial charge in [0.05, 0.1) is 0 Å². The predicted molar refractivity (Wildman–Crippen MR) is 83.7 cm³/mol. The molecule has 2 aliphatic rings. The van der Waals surface area contributed by atoms with Crippen LogP contribution in [0.15, 0.2) is 42.5 Å². The first-order valence-electron chi connectivity index (χ1n) is 7.55. The zero-order chi connectivity index (χ0) is 14.2. The van der Waals surface area contributed by atoms with Crippen LogP contribution in [-0.2, 0) is 19.4 Å². The van der Waals surface area contributed by atoms with Crippen molar-refractivity contribution in [3.8, 4) is 0 Å². The van der Waals surface area contributed by atoms with E-state index in [2.05, 4.69) is 23.5 Å². The Kier molecular flexibility index (Phi) is 3.00. The van der Waals surface area contributed by atoms with Crippen LogP contribution in [0.5, 0.6) is 0 Å². The van der Waals surface area contributed by atoms with E-state index in [1.807, 2.05) is 29.2 Å². The van der Waals surface area contributed by atoms with Crippen LogP contribution in [0.3, 0.4) is 0 Å². The van der Waals surface area contributed by atoms with E-state index in [4.69, 9.17) is 0 Å². The minimum Gasteiger partial charge on any atom is -0.312 e. The Hall–Kier alpha value is -2.13. The summed E-state index contributed by atoms with van der Waals surface area (Å²) in [5.74, 6) is 0.126. The van der Waals surface area contributed by atoms with Crippen molar-refractivity contribution < 1.29 is 4.79 Å². The summed E-state index contributed by atoms with van der Waals surface area (Å²) in [5, 5.41) is 3.36. The SMILES string of the molecule is O=C(c1ccc2c(c1)CCNC2)N1CCc2ccccc21. The van der Waals surface area contributed by atoms with Crippen LogP contribution < -0.4 is 10.2 Å². The summed E-state index contributed by atoms with van der Waals surface area (Å²) in [6.07, 6.45) is 1.96. The summed E-state index contributed by atoms with van der Waals surface area (Å²) in [6, 6.07) is 14.3. The van der Waals surface area contributed by atoms with Gasteiger partial charge in [-0.25, -0.2) is 0 Å². The number of benzene rings is 2. The lowest BCUT2D eigenvalue weighted by Gasteiger charge is -2.21. The van der Waals surface area contributed by atoms with E-state index in [1.54, 1.807) is 0 Å². The minimum absolute atomic E-state index is 0.126. The van der Waals surface area contributed by atoms with Gasteiger partial charge in [0.2, 0.25) is 0 Å². The highest BCUT2D eigenvalue weighted by Gasteiger charge is 2.25. The van der Waals surface area contributed by atoms with Gasteiger partial charge in [-0.05, 0) is 54.3 Å². The van der Waals surface area contributed by atoms with Crippen LogP contribution in [0.1, 0.15) is 27.0 Å². The molecule has 2 aromatic carbocycles. The number of rotatable bonds is 1. The molecule has 0 saturated carbocycles. The maximum Gasteiger partial charge on any atom is 0.258 e. The van der Waals surface area contributed by atoms with Crippen LogP contribution >= 0.6 is 0 Å². The largest absolute Gasteiger partial charge is 0.312 e. The van der Waals surface area contributed by atoms with Crippen LogP contribution in [0.4, 0.5) is 5.69 Å². The second-order valence-corrected chi connectivity index (χ2v) is 5.75. The third-order valence-electron chi connectivity index (χ3n) is 4.47. The Labute approximate surface area is 124 Å². The van der Waals surface area contributed by atoms with E-state index in [1.165, 1.54) is 16.7 Å². The Balaban J connectivity index is 1.67. The maximum atomic E-state index is 12.8. The number of anilines is 1. The fourth-order valence-corrected chi connectivity index (χ4v) is 3.32. The highest BCUT2D eigenvalue weighted by atomic mass is 16.2. The molecule has 0 saturated heterocycles. The molecule has 4 rings (SSSR count). The summed E-state index contributed by atoms with van der Waals surface area (Å²) >= 11 is 0. The van der Waals surface area contributed by atoms with Gasteiger partial charge in [0, 0.05) is 24.3 Å². The number of nitrogens with one attached hydrogen (secondary N) is 1. The maximum absolute atomic E-state index is 12.8. The second-order valence-electron chi connectivity index (χ2n) is 5.75. The molecule has 0 atom stereocenters. The first kappa shape index (κ1) is 12.6. The summed E-state index contributed by atoms with van der Waals surface area (Å²) in [7, 11) is 0. The summed E-state index contributed by atoms with van der Waals surface area (Å²) in [4.78, 5) is 14.7. The van der Waals surface area contributed by atoms with Gasteiger partial charge in [0.25, 0.3) is 5.91 Å². The molecule has 3 nitrogen and oxygen atoms in total. The quantitative estimate of drug-likeness (QED) is 0.869. The highest BCUT2D eigenvalue weighted by Crippen LogP contribution is 2.29. The number of carbonyl (C=O) groups excluding carboxylic acids is 1. The van der Waals surface area contributed by atoms with Crippen LogP contribution in [0.2, 0.25) is 0 Å². The third-order valence-corrected chi connectivity index (χ3v) is 4.47. The number of hydrogen-bond acceptors (Lipinski definition) is 2. The van der Waals surface area contributed by atoms with Crippen LogP contribution in [0.25, 0.3) is 0 Å². The van der Waals surface area contributed by atoms with Crippen molar-refractivity contribution in [3.05, 3.63) is 64.7 Å². The monoisotopic (exact) mass is 278 g/mol. The number of fused-ring (bicyclic) bond motifs is 2. The molecule has 2 aromatic rings. The van der Waals surface area contributed by atoms with Crippen molar-refractivity contribution in [2.45, 2.75) is 19.4 Å². The molecule has 0 aliphatic carbocycles. The smallest absolute Gasteiger partial charge is 0.258 e. The van der Waals surface area contributed by atoms with Crippen LogP contribution in [-0.4, -0.2) is 19.0 Å². The lowest BCUT2D eigenvalue weighted by molar-refractivity contribution is 0.0989. The minimum atomic E-state index is 0.126. The molecule has 0 aromatic heterocycles. The van der Waals surface area contributed by atoms with Crippen molar-refractivity contribution in [1.29, 1.82) is 0 Å². The Morgan fingerprint density at radius 3 is 2.86 bits per heavy atom. The molecule has 0 bridgehead atoms.